The summed E-state index contributed by atoms with van der Waals surface area (Å²) in [5.41, 5.74) is 3.10. The fourth-order valence-electron chi connectivity index (χ4n) is 2.87. The van der Waals surface area contributed by atoms with Gasteiger partial charge in [0, 0.05) is 18.3 Å². The number of carbonyl (C=O) groups is 2. The van der Waals surface area contributed by atoms with E-state index in [2.05, 4.69) is 20.8 Å². The standard InChI is InChI=1S/C20H16N4O3S/c1-11-17-14(10-15(16-4-3-9-28-16)23-20(17)27-24-11)19(26)22-13-7-5-12(6-8-13)18(25)21-2/h3-10H,1-2H3,(H,21,25)(H,22,26). The second-order valence-corrected chi connectivity index (χ2v) is 7.04. The highest BCUT2D eigenvalue weighted by atomic mass is 32.1. The topological polar surface area (TPSA) is 97.1 Å². The van der Waals surface area contributed by atoms with Gasteiger partial charge in [-0.2, -0.15) is 0 Å². The summed E-state index contributed by atoms with van der Waals surface area (Å²) in [5.74, 6) is -0.487. The number of hydrogen-bond acceptors (Lipinski definition) is 6. The van der Waals surface area contributed by atoms with Gasteiger partial charge in [-0.25, -0.2) is 4.98 Å². The molecule has 4 aromatic rings. The van der Waals surface area contributed by atoms with Crippen LogP contribution >= 0.6 is 11.3 Å². The van der Waals surface area contributed by atoms with Crippen LogP contribution < -0.4 is 10.6 Å². The molecule has 0 spiro atoms. The number of aromatic nitrogens is 2. The lowest BCUT2D eigenvalue weighted by Gasteiger charge is -2.08. The second-order valence-electron chi connectivity index (χ2n) is 6.09. The van der Waals surface area contributed by atoms with Gasteiger partial charge in [0.2, 0.25) is 0 Å². The molecule has 7 nitrogen and oxygen atoms in total. The van der Waals surface area contributed by atoms with Gasteiger partial charge < -0.3 is 15.2 Å². The molecule has 8 heteroatoms. The minimum atomic E-state index is -0.302. The normalized spacial score (nSPS) is 10.8. The molecule has 0 unspecified atom stereocenters. The smallest absolute Gasteiger partial charge is 0.259 e. The molecule has 0 aliphatic carbocycles. The van der Waals surface area contributed by atoms with E-state index in [1.807, 2.05) is 17.5 Å². The van der Waals surface area contributed by atoms with Crippen LogP contribution in [-0.2, 0) is 0 Å². The van der Waals surface area contributed by atoms with Crippen LogP contribution in [0.5, 0.6) is 0 Å². The average molecular weight is 392 g/mol. The molecule has 0 bridgehead atoms. The number of carbonyl (C=O) groups excluding carboxylic acids is 2. The molecule has 4 rings (SSSR count). The van der Waals surface area contributed by atoms with Crippen LogP contribution in [0.3, 0.4) is 0 Å². The maximum absolute atomic E-state index is 13.0. The molecule has 0 fully saturated rings. The number of amides is 2. The van der Waals surface area contributed by atoms with E-state index >= 15 is 0 Å². The summed E-state index contributed by atoms with van der Waals surface area (Å²) in [6.45, 7) is 1.77. The molecule has 0 atom stereocenters. The number of benzene rings is 1. The first-order valence-electron chi connectivity index (χ1n) is 8.51. The van der Waals surface area contributed by atoms with Gasteiger partial charge in [0.25, 0.3) is 17.5 Å². The van der Waals surface area contributed by atoms with Crippen molar-refractivity contribution in [1.82, 2.24) is 15.5 Å². The summed E-state index contributed by atoms with van der Waals surface area (Å²) in [5, 5.41) is 11.9. The summed E-state index contributed by atoms with van der Waals surface area (Å²) < 4.78 is 5.30. The number of anilines is 1. The van der Waals surface area contributed by atoms with Gasteiger partial charge in [0.15, 0.2) is 0 Å². The third kappa shape index (κ3) is 3.25. The summed E-state index contributed by atoms with van der Waals surface area (Å²) >= 11 is 1.53. The molecular formula is C20H16N4O3S. The third-order valence-corrected chi connectivity index (χ3v) is 5.16. The highest BCUT2D eigenvalue weighted by Gasteiger charge is 2.20. The molecule has 0 saturated carbocycles. The van der Waals surface area contributed by atoms with E-state index in [0.717, 1.165) is 4.88 Å². The molecule has 0 aliphatic rings. The van der Waals surface area contributed by atoms with Gasteiger partial charge in [-0.15, -0.1) is 11.3 Å². The van der Waals surface area contributed by atoms with Gasteiger partial charge in [-0.1, -0.05) is 11.2 Å². The summed E-state index contributed by atoms with van der Waals surface area (Å²) in [7, 11) is 1.57. The van der Waals surface area contributed by atoms with Crippen LogP contribution in [0.25, 0.3) is 21.7 Å². The lowest BCUT2D eigenvalue weighted by atomic mass is 10.1. The Labute approximate surface area is 164 Å². The van der Waals surface area contributed by atoms with Crippen molar-refractivity contribution in [3.63, 3.8) is 0 Å². The summed E-state index contributed by atoms with van der Waals surface area (Å²) in [6, 6.07) is 12.3. The Morgan fingerprint density at radius 3 is 2.57 bits per heavy atom. The minimum Gasteiger partial charge on any atom is -0.355 e. The van der Waals surface area contributed by atoms with Crippen LogP contribution in [-0.4, -0.2) is 29.0 Å². The Kier molecular flexibility index (Phi) is 4.62. The van der Waals surface area contributed by atoms with E-state index in [0.29, 0.717) is 39.3 Å². The molecule has 28 heavy (non-hydrogen) atoms. The quantitative estimate of drug-likeness (QED) is 0.549. The van der Waals surface area contributed by atoms with E-state index in [1.165, 1.54) is 11.3 Å². The number of aryl methyl sites for hydroxylation is 1. The number of fused-ring (bicyclic) bond motifs is 1. The van der Waals surface area contributed by atoms with E-state index < -0.39 is 0 Å². The highest BCUT2D eigenvalue weighted by molar-refractivity contribution is 7.13. The number of pyridine rings is 1. The number of nitrogens with one attached hydrogen (secondary N) is 2. The molecule has 2 N–H and O–H groups in total. The molecule has 3 heterocycles. The van der Waals surface area contributed by atoms with Gasteiger partial charge in [-0.05, 0) is 48.7 Å². The minimum absolute atomic E-state index is 0.186. The first-order valence-corrected chi connectivity index (χ1v) is 9.39. The molecule has 2 amide bonds. The second kappa shape index (κ2) is 7.24. The monoisotopic (exact) mass is 392 g/mol. The van der Waals surface area contributed by atoms with Crippen molar-refractivity contribution in [1.29, 1.82) is 0 Å². The van der Waals surface area contributed by atoms with E-state index in [1.54, 1.807) is 44.3 Å². The highest BCUT2D eigenvalue weighted by Crippen LogP contribution is 2.29. The third-order valence-electron chi connectivity index (χ3n) is 4.27. The fraction of sp³-hybridized carbons (Fsp3) is 0.100. The van der Waals surface area contributed by atoms with Crippen molar-refractivity contribution < 1.29 is 14.1 Å². The summed E-state index contributed by atoms with van der Waals surface area (Å²) in [6.07, 6.45) is 0. The molecule has 0 aliphatic heterocycles. The Bertz CT molecular complexity index is 1160. The molecule has 0 saturated heterocycles. The van der Waals surface area contributed by atoms with Gasteiger partial charge in [-0.3, -0.25) is 9.59 Å². The lowest BCUT2D eigenvalue weighted by Crippen LogP contribution is -2.18. The zero-order chi connectivity index (χ0) is 19.7. The van der Waals surface area contributed by atoms with Gasteiger partial charge >= 0.3 is 0 Å². The first kappa shape index (κ1) is 17.9. The van der Waals surface area contributed by atoms with Crippen LogP contribution in [0.2, 0.25) is 0 Å². The predicted molar refractivity (Wildman–Crippen MR) is 108 cm³/mol. The van der Waals surface area contributed by atoms with Crippen molar-refractivity contribution in [3.8, 4) is 10.6 Å². The van der Waals surface area contributed by atoms with Gasteiger partial charge in [0.1, 0.15) is 0 Å². The van der Waals surface area contributed by atoms with Crippen LogP contribution in [0.15, 0.2) is 52.4 Å². The van der Waals surface area contributed by atoms with Gasteiger partial charge in [0.05, 0.1) is 27.2 Å². The average Bonchev–Trinajstić information content (AvgIpc) is 3.37. The predicted octanol–water partition coefficient (Wildman–Crippen LogP) is 3.87. The number of nitrogens with zero attached hydrogens (tertiary/aromatic N) is 2. The van der Waals surface area contributed by atoms with Crippen molar-refractivity contribution >= 4 is 39.9 Å². The fourth-order valence-corrected chi connectivity index (χ4v) is 3.56. The van der Waals surface area contributed by atoms with E-state index in [-0.39, 0.29) is 11.8 Å². The van der Waals surface area contributed by atoms with E-state index in [4.69, 9.17) is 4.52 Å². The zero-order valence-electron chi connectivity index (χ0n) is 15.1. The SMILES string of the molecule is CNC(=O)c1ccc(NC(=O)c2cc(-c3cccs3)nc3onc(C)c23)cc1. The van der Waals surface area contributed by atoms with Crippen molar-refractivity contribution in [3.05, 3.63) is 64.7 Å². The Morgan fingerprint density at radius 1 is 1.11 bits per heavy atom. The Hall–Kier alpha value is -3.52. The van der Waals surface area contributed by atoms with Crippen LogP contribution in [0.4, 0.5) is 5.69 Å². The Morgan fingerprint density at radius 2 is 1.89 bits per heavy atom. The van der Waals surface area contributed by atoms with E-state index in [9.17, 15) is 9.59 Å². The maximum atomic E-state index is 13.0. The van der Waals surface area contributed by atoms with Crippen molar-refractivity contribution in [2.45, 2.75) is 6.92 Å². The largest absolute Gasteiger partial charge is 0.355 e. The molecule has 3 aromatic heterocycles. The number of hydrogen-bond donors (Lipinski definition) is 2. The lowest BCUT2D eigenvalue weighted by molar-refractivity contribution is 0.0962. The molecule has 140 valence electrons. The van der Waals surface area contributed by atoms with Crippen LogP contribution in [0.1, 0.15) is 26.4 Å². The van der Waals surface area contributed by atoms with Crippen molar-refractivity contribution in [2.75, 3.05) is 12.4 Å². The zero-order valence-corrected chi connectivity index (χ0v) is 16.0. The first-order chi connectivity index (χ1) is 13.6. The summed E-state index contributed by atoms with van der Waals surface area (Å²) in [4.78, 5) is 30.1. The van der Waals surface area contributed by atoms with Crippen molar-refractivity contribution in [2.24, 2.45) is 0 Å². The number of rotatable bonds is 4. The number of thiophene rings is 1. The molecular weight excluding hydrogens is 376 g/mol. The molecule has 0 radical (unpaired) electrons. The van der Waals surface area contributed by atoms with Crippen LogP contribution in [0, 0.1) is 6.92 Å². The molecule has 1 aromatic carbocycles. The Balaban J connectivity index is 1.70. The maximum Gasteiger partial charge on any atom is 0.259 e.